The fourth-order valence-corrected chi connectivity index (χ4v) is 4.07. The summed E-state index contributed by atoms with van der Waals surface area (Å²) in [6.45, 7) is 2.72. The number of fused-ring (bicyclic) bond motifs is 1. The summed E-state index contributed by atoms with van der Waals surface area (Å²) >= 11 is 6.10. The average Bonchev–Trinajstić information content (AvgIpc) is 2.99. The zero-order valence-electron chi connectivity index (χ0n) is 14.9. The molecule has 0 bridgehead atoms. The Balaban J connectivity index is 1.64. The van der Waals surface area contributed by atoms with Crippen LogP contribution >= 0.6 is 11.6 Å². The number of carbonyl (C=O) groups excluding carboxylic acids is 1. The summed E-state index contributed by atoms with van der Waals surface area (Å²) in [5.41, 5.74) is 2.86. The second-order valence-electron chi connectivity index (χ2n) is 7.03. The van der Waals surface area contributed by atoms with Gasteiger partial charge in [0.2, 0.25) is 0 Å². The second-order valence-corrected chi connectivity index (χ2v) is 7.47. The number of rotatable bonds is 3. The van der Waals surface area contributed by atoms with Gasteiger partial charge >= 0.3 is 0 Å². The van der Waals surface area contributed by atoms with Crippen molar-refractivity contribution < 1.29 is 9.21 Å². The number of hydrogen-bond acceptors (Lipinski definition) is 2. The minimum atomic E-state index is -0.00421. The van der Waals surface area contributed by atoms with Crippen molar-refractivity contribution in [3.05, 3.63) is 70.4 Å². The van der Waals surface area contributed by atoms with Crippen LogP contribution in [0.5, 0.6) is 0 Å². The molecule has 0 radical (unpaired) electrons. The quantitative estimate of drug-likeness (QED) is 0.600. The summed E-state index contributed by atoms with van der Waals surface area (Å²) in [4.78, 5) is 15.3. The zero-order chi connectivity index (χ0) is 18.1. The van der Waals surface area contributed by atoms with Gasteiger partial charge in [0.1, 0.15) is 5.58 Å². The molecule has 1 saturated heterocycles. The fraction of sp³-hybridized carbons (Fsp3) is 0.318. The molecule has 0 aliphatic carbocycles. The Morgan fingerprint density at radius 2 is 2.00 bits per heavy atom. The highest BCUT2D eigenvalue weighted by Crippen LogP contribution is 2.30. The first-order valence-corrected chi connectivity index (χ1v) is 9.55. The van der Waals surface area contributed by atoms with Crippen molar-refractivity contribution in [3.63, 3.8) is 0 Å². The molecular formula is C22H22ClNO2. The van der Waals surface area contributed by atoms with Gasteiger partial charge in [-0.15, -0.1) is 0 Å². The summed E-state index contributed by atoms with van der Waals surface area (Å²) < 4.78 is 5.92. The molecule has 134 valence electrons. The topological polar surface area (TPSA) is 33.5 Å². The van der Waals surface area contributed by atoms with Crippen LogP contribution in [0.15, 0.2) is 52.9 Å². The van der Waals surface area contributed by atoms with Gasteiger partial charge in [0.05, 0.1) is 0 Å². The summed E-state index contributed by atoms with van der Waals surface area (Å²) in [7, 11) is 0. The summed E-state index contributed by atoms with van der Waals surface area (Å²) in [6, 6.07) is 16.1. The monoisotopic (exact) mass is 367 g/mol. The van der Waals surface area contributed by atoms with Gasteiger partial charge in [0.25, 0.3) is 5.91 Å². The highest BCUT2D eigenvalue weighted by Gasteiger charge is 2.31. The van der Waals surface area contributed by atoms with Crippen LogP contribution in [-0.4, -0.2) is 23.4 Å². The molecule has 0 N–H and O–H groups in total. The predicted octanol–water partition coefficient (Wildman–Crippen LogP) is 5.63. The molecule has 0 spiro atoms. The number of benzene rings is 2. The van der Waals surface area contributed by atoms with Crippen LogP contribution in [0.1, 0.15) is 40.9 Å². The highest BCUT2D eigenvalue weighted by atomic mass is 35.5. The van der Waals surface area contributed by atoms with Gasteiger partial charge < -0.3 is 9.32 Å². The molecule has 3 nitrogen and oxygen atoms in total. The summed E-state index contributed by atoms with van der Waals surface area (Å²) in [5.74, 6) is 0.442. The van der Waals surface area contributed by atoms with Gasteiger partial charge in [-0.25, -0.2) is 0 Å². The normalized spacial score (nSPS) is 17.6. The van der Waals surface area contributed by atoms with Crippen LogP contribution < -0.4 is 0 Å². The van der Waals surface area contributed by atoms with Crippen molar-refractivity contribution in [1.82, 2.24) is 4.90 Å². The minimum absolute atomic E-state index is 0.00421. The Bertz CT molecular complexity index is 932. The second kappa shape index (κ2) is 7.16. The molecule has 1 unspecified atom stereocenters. The smallest absolute Gasteiger partial charge is 0.290 e. The highest BCUT2D eigenvalue weighted by molar-refractivity contribution is 6.31. The van der Waals surface area contributed by atoms with E-state index in [0.29, 0.717) is 16.4 Å². The van der Waals surface area contributed by atoms with E-state index in [-0.39, 0.29) is 11.9 Å². The third-order valence-electron chi connectivity index (χ3n) is 5.29. The van der Waals surface area contributed by atoms with Crippen molar-refractivity contribution in [2.45, 2.75) is 38.6 Å². The fourth-order valence-electron chi connectivity index (χ4n) is 3.89. The predicted molar refractivity (Wildman–Crippen MR) is 105 cm³/mol. The van der Waals surface area contributed by atoms with Gasteiger partial charge in [-0.2, -0.15) is 0 Å². The molecule has 1 aliphatic rings. The van der Waals surface area contributed by atoms with Crippen molar-refractivity contribution >= 4 is 28.5 Å². The third-order valence-corrected chi connectivity index (χ3v) is 5.53. The van der Waals surface area contributed by atoms with Gasteiger partial charge in [-0.3, -0.25) is 4.79 Å². The van der Waals surface area contributed by atoms with E-state index in [2.05, 4.69) is 24.3 Å². The first-order chi connectivity index (χ1) is 12.6. The van der Waals surface area contributed by atoms with Crippen LogP contribution in [-0.2, 0) is 6.42 Å². The molecular weight excluding hydrogens is 346 g/mol. The molecule has 1 amide bonds. The van der Waals surface area contributed by atoms with Crippen molar-refractivity contribution in [2.75, 3.05) is 6.54 Å². The summed E-state index contributed by atoms with van der Waals surface area (Å²) in [6.07, 6.45) is 4.13. The number of carbonyl (C=O) groups is 1. The molecule has 4 heteroatoms. The van der Waals surface area contributed by atoms with E-state index in [1.54, 1.807) is 6.07 Å². The van der Waals surface area contributed by atoms with Crippen LogP contribution in [0.25, 0.3) is 11.0 Å². The molecule has 2 aromatic carbocycles. The van der Waals surface area contributed by atoms with Crippen LogP contribution in [0.3, 0.4) is 0 Å². The number of hydrogen-bond donors (Lipinski definition) is 0. The molecule has 1 atom stereocenters. The maximum atomic E-state index is 13.3. The lowest BCUT2D eigenvalue weighted by atomic mass is 9.95. The number of nitrogens with zero attached hydrogens (tertiary/aromatic N) is 1. The molecule has 1 aromatic heterocycles. The molecule has 4 rings (SSSR count). The lowest BCUT2D eigenvalue weighted by Gasteiger charge is -2.35. The average molecular weight is 368 g/mol. The molecule has 1 aliphatic heterocycles. The lowest BCUT2D eigenvalue weighted by Crippen LogP contribution is -2.45. The van der Waals surface area contributed by atoms with Gasteiger partial charge in [0, 0.05) is 28.6 Å². The van der Waals surface area contributed by atoms with Crippen molar-refractivity contribution in [3.8, 4) is 0 Å². The Hall–Kier alpha value is -2.26. The lowest BCUT2D eigenvalue weighted by molar-refractivity contribution is 0.0582. The standard InChI is InChI=1S/C22H22ClNO2/c1-15-19-14-17(23)10-11-20(19)26-21(15)22(25)24-12-6-5-9-18(24)13-16-7-3-2-4-8-16/h2-4,7-8,10-11,14,18H,5-6,9,12-13H2,1H3. The third kappa shape index (κ3) is 3.24. The number of likely N-dealkylation sites (tertiary alicyclic amines) is 1. The number of amides is 1. The molecule has 26 heavy (non-hydrogen) atoms. The van der Waals surface area contributed by atoms with Gasteiger partial charge in [-0.1, -0.05) is 41.9 Å². The first kappa shape index (κ1) is 17.2. The Kier molecular flexibility index (Phi) is 4.73. The van der Waals surface area contributed by atoms with Crippen LogP contribution in [0.4, 0.5) is 0 Å². The van der Waals surface area contributed by atoms with Crippen LogP contribution in [0, 0.1) is 6.92 Å². The van der Waals surface area contributed by atoms with E-state index in [1.165, 1.54) is 5.56 Å². The van der Waals surface area contributed by atoms with Crippen molar-refractivity contribution in [2.24, 2.45) is 0 Å². The SMILES string of the molecule is Cc1c(C(=O)N2CCCCC2Cc2ccccc2)oc2ccc(Cl)cc12. The maximum absolute atomic E-state index is 13.3. The van der Waals surface area contributed by atoms with E-state index < -0.39 is 0 Å². The van der Waals surface area contributed by atoms with Crippen molar-refractivity contribution in [1.29, 1.82) is 0 Å². The molecule has 1 fully saturated rings. The first-order valence-electron chi connectivity index (χ1n) is 9.17. The molecule has 2 heterocycles. The minimum Gasteiger partial charge on any atom is -0.451 e. The molecule has 0 saturated carbocycles. The van der Waals surface area contributed by atoms with E-state index in [0.717, 1.165) is 43.2 Å². The number of furan rings is 1. The Labute approximate surface area is 158 Å². The molecule has 3 aromatic rings. The summed E-state index contributed by atoms with van der Waals surface area (Å²) in [5, 5.41) is 1.57. The maximum Gasteiger partial charge on any atom is 0.290 e. The van der Waals surface area contributed by atoms with E-state index >= 15 is 0 Å². The Morgan fingerprint density at radius 3 is 2.81 bits per heavy atom. The largest absolute Gasteiger partial charge is 0.451 e. The van der Waals surface area contributed by atoms with E-state index in [4.69, 9.17) is 16.0 Å². The number of aryl methyl sites for hydroxylation is 1. The van der Waals surface area contributed by atoms with Crippen LogP contribution in [0.2, 0.25) is 5.02 Å². The van der Waals surface area contributed by atoms with Gasteiger partial charge in [-0.05, 0) is 56.4 Å². The number of halogens is 1. The number of piperidine rings is 1. The Morgan fingerprint density at radius 1 is 1.19 bits per heavy atom. The van der Waals surface area contributed by atoms with E-state index in [1.807, 2.05) is 30.0 Å². The zero-order valence-corrected chi connectivity index (χ0v) is 15.6. The van der Waals surface area contributed by atoms with E-state index in [9.17, 15) is 4.79 Å². The van der Waals surface area contributed by atoms with Gasteiger partial charge in [0.15, 0.2) is 5.76 Å².